The Morgan fingerprint density at radius 1 is 1.04 bits per heavy atom. The molecule has 0 rings (SSSR count). The minimum Gasteiger partial charge on any atom is -0.790 e. The maximum atomic E-state index is 13.5. The maximum Gasteiger partial charge on any atom is 0.469 e. The van der Waals surface area contributed by atoms with Gasteiger partial charge >= 0.3 is 25.6 Å². The van der Waals surface area contributed by atoms with Gasteiger partial charge in [-0.3, -0.25) is 4.52 Å². The highest BCUT2D eigenvalue weighted by Crippen LogP contribution is 2.51. The fraction of sp³-hybridized carbons (Fsp3) is 1.00. The van der Waals surface area contributed by atoms with Crippen molar-refractivity contribution >= 4 is 15.6 Å². The van der Waals surface area contributed by atoms with Crippen molar-refractivity contribution in [3.05, 3.63) is 0 Å². The second-order valence-corrected chi connectivity index (χ2v) is 6.53. The first kappa shape index (κ1) is 23.7. The van der Waals surface area contributed by atoms with E-state index in [1.54, 1.807) is 0 Å². The highest BCUT2D eigenvalue weighted by molar-refractivity contribution is 7.46. The van der Waals surface area contributed by atoms with Crippen molar-refractivity contribution in [2.45, 2.75) is 30.3 Å². The molecular weight excluding hydrogens is 407 g/mol. The third-order valence-electron chi connectivity index (χ3n) is 2.35. The largest absolute Gasteiger partial charge is 0.790 e. The Hall–Kier alpha value is -0.270. The molecule has 0 saturated heterocycles. The van der Waals surface area contributed by atoms with Crippen molar-refractivity contribution in [1.82, 2.24) is 0 Å². The molecule has 0 heterocycles. The number of halogens is 7. The van der Waals surface area contributed by atoms with Crippen LogP contribution in [0.15, 0.2) is 0 Å². The third-order valence-corrected chi connectivity index (χ3v) is 3.38. The molecule has 0 amide bonds. The molecule has 2 N–H and O–H groups in total. The van der Waals surface area contributed by atoms with Crippen LogP contribution in [0.5, 0.6) is 0 Å². The van der Waals surface area contributed by atoms with Gasteiger partial charge in [-0.25, -0.2) is 8.96 Å². The van der Waals surface area contributed by atoms with Crippen LogP contribution in [0.2, 0.25) is 0 Å². The summed E-state index contributed by atoms with van der Waals surface area (Å²) < 4.78 is 118. The van der Waals surface area contributed by atoms with Crippen LogP contribution in [-0.2, 0) is 18.2 Å². The van der Waals surface area contributed by atoms with E-state index in [1.165, 1.54) is 0 Å². The van der Waals surface area contributed by atoms with Gasteiger partial charge in [-0.2, -0.15) is 26.3 Å². The number of rotatable bonds is 10. The van der Waals surface area contributed by atoms with E-state index < -0.39 is 59.2 Å². The van der Waals surface area contributed by atoms with E-state index in [0.717, 1.165) is 0 Å². The summed E-state index contributed by atoms with van der Waals surface area (Å²) in [7, 11) is -11.8. The van der Waals surface area contributed by atoms with E-state index in [4.69, 9.17) is 9.79 Å². The second kappa shape index (κ2) is 7.54. The SMILES string of the molecule is O=P([O-])([O-])OC(CCOP(=O)(O)O)C(F)(F)C(F)(F)C(F)(F)CF. The molecule has 0 aliphatic rings. The molecule has 17 heteroatoms. The summed E-state index contributed by atoms with van der Waals surface area (Å²) in [5.74, 6) is -18.6. The summed E-state index contributed by atoms with van der Waals surface area (Å²) in [4.78, 5) is 37.1. The minimum absolute atomic E-state index is 1.58. The van der Waals surface area contributed by atoms with Gasteiger partial charge in [0.15, 0.2) is 6.67 Å². The van der Waals surface area contributed by atoms with Crippen molar-refractivity contribution in [2.75, 3.05) is 13.3 Å². The van der Waals surface area contributed by atoms with Gasteiger partial charge in [0.05, 0.1) is 14.4 Å². The van der Waals surface area contributed by atoms with Crippen LogP contribution >= 0.6 is 15.6 Å². The monoisotopic (exact) mass is 416 g/mol. The van der Waals surface area contributed by atoms with Gasteiger partial charge in [0.1, 0.15) is 6.10 Å². The van der Waals surface area contributed by atoms with Gasteiger partial charge < -0.3 is 28.7 Å². The molecule has 0 aliphatic carbocycles. The molecule has 0 saturated carbocycles. The topological polar surface area (TPSA) is 139 Å². The lowest BCUT2D eigenvalue weighted by molar-refractivity contribution is -0.368. The molecule has 8 nitrogen and oxygen atoms in total. The smallest absolute Gasteiger partial charge is 0.469 e. The number of hydrogen-bond acceptors (Lipinski definition) is 6. The van der Waals surface area contributed by atoms with Crippen molar-refractivity contribution in [3.63, 3.8) is 0 Å². The van der Waals surface area contributed by atoms with E-state index in [2.05, 4.69) is 9.05 Å². The van der Waals surface area contributed by atoms with Crippen LogP contribution in [0.3, 0.4) is 0 Å². The van der Waals surface area contributed by atoms with Gasteiger partial charge in [-0.1, -0.05) is 0 Å². The van der Waals surface area contributed by atoms with Gasteiger partial charge in [0.25, 0.3) is 0 Å². The predicted octanol–water partition coefficient (Wildman–Crippen LogP) is 0.575. The summed E-state index contributed by atoms with van der Waals surface area (Å²) in [6.07, 6.45) is -5.64. The molecule has 146 valence electrons. The average molecular weight is 416 g/mol. The molecule has 24 heavy (non-hydrogen) atoms. The Bertz CT molecular complexity index is 517. The van der Waals surface area contributed by atoms with Crippen molar-refractivity contribution in [3.8, 4) is 0 Å². The molecule has 1 unspecified atom stereocenters. The van der Waals surface area contributed by atoms with Crippen molar-refractivity contribution in [1.29, 1.82) is 0 Å². The number of phosphoric ester groups is 2. The summed E-state index contributed by atoms with van der Waals surface area (Å²) in [6.45, 7) is -4.84. The lowest BCUT2D eigenvalue weighted by atomic mass is 9.98. The molecular formula is C7H9F7O8P2-2. The van der Waals surface area contributed by atoms with E-state index in [9.17, 15) is 49.6 Å². The van der Waals surface area contributed by atoms with Crippen molar-refractivity contribution in [2.24, 2.45) is 0 Å². The second-order valence-electron chi connectivity index (χ2n) is 4.19. The Balaban J connectivity index is 5.59. The predicted molar refractivity (Wildman–Crippen MR) is 55.9 cm³/mol. The van der Waals surface area contributed by atoms with Crippen LogP contribution in [-0.4, -0.2) is 46.9 Å². The number of hydrogen-bond donors (Lipinski definition) is 2. The van der Waals surface area contributed by atoms with E-state index >= 15 is 0 Å². The quantitative estimate of drug-likeness (QED) is 0.390. The summed E-state index contributed by atoms with van der Waals surface area (Å²) in [5.41, 5.74) is 0. The van der Waals surface area contributed by atoms with Crippen LogP contribution in [0, 0.1) is 0 Å². The first-order valence-corrected chi connectivity index (χ1v) is 8.46. The van der Waals surface area contributed by atoms with Gasteiger partial charge in [0, 0.05) is 6.42 Å². The molecule has 0 bridgehead atoms. The van der Waals surface area contributed by atoms with Crippen LogP contribution in [0.25, 0.3) is 0 Å². The zero-order valence-electron chi connectivity index (χ0n) is 11.1. The first-order chi connectivity index (χ1) is 10.4. The maximum absolute atomic E-state index is 13.5. The summed E-state index contributed by atoms with van der Waals surface area (Å²) in [5, 5.41) is 0. The van der Waals surface area contributed by atoms with Crippen LogP contribution < -0.4 is 9.79 Å². The lowest BCUT2D eigenvalue weighted by Crippen LogP contribution is -2.61. The first-order valence-electron chi connectivity index (χ1n) is 5.47. The molecule has 0 radical (unpaired) electrons. The molecule has 0 aromatic carbocycles. The zero-order chi connectivity index (χ0) is 19.6. The Labute approximate surface area is 129 Å². The van der Waals surface area contributed by atoms with Crippen LogP contribution in [0.1, 0.15) is 6.42 Å². The minimum atomic E-state index is -6.50. The Morgan fingerprint density at radius 3 is 1.83 bits per heavy atom. The van der Waals surface area contributed by atoms with Crippen molar-refractivity contribution < 1.29 is 68.5 Å². The fourth-order valence-corrected chi connectivity index (χ4v) is 2.16. The standard InChI is InChI=1S/C7H11F7O8P2/c8-3-5(9,10)7(13,14)6(11,12)4(22-24(18,19)20)1-2-21-23(15,16)17/h4H,1-3H2,(H2,15,16,17)(H2,18,19,20)/p-2. The summed E-state index contributed by atoms with van der Waals surface area (Å²) in [6, 6.07) is 0. The fourth-order valence-electron chi connectivity index (χ4n) is 1.26. The molecule has 0 fully saturated rings. The zero-order valence-corrected chi connectivity index (χ0v) is 12.9. The van der Waals surface area contributed by atoms with Crippen LogP contribution in [0.4, 0.5) is 30.7 Å². The molecule has 0 aromatic rings. The van der Waals surface area contributed by atoms with Gasteiger partial charge in [-0.05, 0) is 0 Å². The molecule has 0 aromatic heterocycles. The Kier molecular flexibility index (Phi) is 7.45. The van der Waals surface area contributed by atoms with Gasteiger partial charge in [0.2, 0.25) is 0 Å². The van der Waals surface area contributed by atoms with Gasteiger partial charge in [-0.15, -0.1) is 0 Å². The molecule has 0 aliphatic heterocycles. The van der Waals surface area contributed by atoms with E-state index in [1.807, 2.05) is 0 Å². The highest BCUT2D eigenvalue weighted by atomic mass is 31.2. The normalized spacial score (nSPS) is 16.3. The van der Waals surface area contributed by atoms with E-state index in [0.29, 0.717) is 0 Å². The molecule has 0 spiro atoms. The molecule has 1 atom stereocenters. The highest BCUT2D eigenvalue weighted by Gasteiger charge is 2.74. The number of phosphoric acid groups is 2. The third kappa shape index (κ3) is 6.23. The number of alkyl halides is 7. The average Bonchev–Trinajstić information content (AvgIpc) is 2.34. The van der Waals surface area contributed by atoms with E-state index in [-0.39, 0.29) is 0 Å². The summed E-state index contributed by atoms with van der Waals surface area (Å²) >= 11 is 0. The Morgan fingerprint density at radius 2 is 1.50 bits per heavy atom. The lowest BCUT2D eigenvalue weighted by Gasteiger charge is -2.40.